The standard InChI is InChI=1S/C17H23N5O3/c1-9(2)13-6-5-12(7-10(13)3)25-11(4)15(23)24-8-14-20-16(18)22-17(19)21-14/h5-7,9,11H,8H2,1-4H3,(H4,18,19,20,21,22). The molecule has 0 radical (unpaired) electrons. The molecule has 1 aromatic heterocycles. The molecule has 1 atom stereocenters. The average Bonchev–Trinajstić information content (AvgIpc) is 2.51. The minimum atomic E-state index is -0.777. The van der Waals surface area contributed by atoms with Crippen LogP contribution in [0.25, 0.3) is 0 Å². The van der Waals surface area contributed by atoms with E-state index in [1.807, 2.05) is 25.1 Å². The lowest BCUT2D eigenvalue weighted by Gasteiger charge is -2.16. The van der Waals surface area contributed by atoms with E-state index in [1.165, 1.54) is 5.56 Å². The zero-order valence-electron chi connectivity index (χ0n) is 14.8. The molecule has 1 unspecified atom stereocenters. The second kappa shape index (κ2) is 7.78. The molecule has 0 fully saturated rings. The lowest BCUT2D eigenvalue weighted by atomic mass is 9.98. The fraction of sp³-hybridized carbons (Fsp3) is 0.412. The van der Waals surface area contributed by atoms with Crippen LogP contribution in [0.2, 0.25) is 0 Å². The van der Waals surface area contributed by atoms with Gasteiger partial charge in [0.2, 0.25) is 11.9 Å². The molecule has 2 rings (SSSR count). The van der Waals surface area contributed by atoms with Crippen LogP contribution in [-0.2, 0) is 16.1 Å². The van der Waals surface area contributed by atoms with E-state index in [-0.39, 0.29) is 24.3 Å². The van der Waals surface area contributed by atoms with Crippen molar-refractivity contribution in [2.75, 3.05) is 11.5 Å². The molecule has 0 aliphatic carbocycles. The van der Waals surface area contributed by atoms with E-state index in [4.69, 9.17) is 20.9 Å². The molecule has 1 aromatic carbocycles. The van der Waals surface area contributed by atoms with Gasteiger partial charge in [-0.15, -0.1) is 0 Å². The number of nitrogen functional groups attached to an aromatic ring is 2. The molecule has 1 heterocycles. The monoisotopic (exact) mass is 345 g/mol. The molecular weight excluding hydrogens is 322 g/mol. The van der Waals surface area contributed by atoms with Crippen molar-refractivity contribution in [3.63, 3.8) is 0 Å². The number of carbonyl (C=O) groups excluding carboxylic acids is 1. The smallest absolute Gasteiger partial charge is 0.347 e. The Hall–Kier alpha value is -2.90. The van der Waals surface area contributed by atoms with Gasteiger partial charge in [0.1, 0.15) is 5.75 Å². The third-order valence-electron chi connectivity index (χ3n) is 3.57. The van der Waals surface area contributed by atoms with Crippen LogP contribution in [0, 0.1) is 6.92 Å². The normalized spacial score (nSPS) is 12.0. The van der Waals surface area contributed by atoms with Gasteiger partial charge in [-0.3, -0.25) is 0 Å². The zero-order chi connectivity index (χ0) is 18.6. The molecule has 0 saturated carbocycles. The van der Waals surface area contributed by atoms with Gasteiger partial charge < -0.3 is 20.9 Å². The predicted molar refractivity (Wildman–Crippen MR) is 93.8 cm³/mol. The molecule has 134 valence electrons. The number of aromatic nitrogens is 3. The van der Waals surface area contributed by atoms with E-state index in [9.17, 15) is 4.79 Å². The summed E-state index contributed by atoms with van der Waals surface area (Å²) in [7, 11) is 0. The summed E-state index contributed by atoms with van der Waals surface area (Å²) in [5.41, 5.74) is 13.3. The molecule has 0 aliphatic rings. The Morgan fingerprint density at radius 1 is 1.12 bits per heavy atom. The summed E-state index contributed by atoms with van der Waals surface area (Å²) >= 11 is 0. The molecule has 8 heteroatoms. The number of rotatable bonds is 6. The molecule has 0 amide bonds. The van der Waals surface area contributed by atoms with Crippen LogP contribution in [-0.4, -0.2) is 27.0 Å². The van der Waals surface area contributed by atoms with Crippen LogP contribution in [0.15, 0.2) is 18.2 Å². The van der Waals surface area contributed by atoms with Gasteiger partial charge in [0.05, 0.1) is 0 Å². The summed E-state index contributed by atoms with van der Waals surface area (Å²) in [6.07, 6.45) is -0.777. The molecule has 25 heavy (non-hydrogen) atoms. The Bertz CT molecular complexity index is 744. The summed E-state index contributed by atoms with van der Waals surface area (Å²) < 4.78 is 10.8. The molecule has 0 saturated heterocycles. The van der Waals surface area contributed by atoms with Crippen LogP contribution in [0.4, 0.5) is 11.9 Å². The molecule has 4 N–H and O–H groups in total. The number of hydrogen-bond acceptors (Lipinski definition) is 8. The SMILES string of the molecule is Cc1cc(OC(C)C(=O)OCc2nc(N)nc(N)n2)ccc1C(C)C. The number of esters is 1. The van der Waals surface area contributed by atoms with Crippen LogP contribution >= 0.6 is 0 Å². The van der Waals surface area contributed by atoms with Crippen molar-refractivity contribution in [2.45, 2.75) is 46.3 Å². The highest BCUT2D eigenvalue weighted by Crippen LogP contribution is 2.24. The highest BCUT2D eigenvalue weighted by molar-refractivity contribution is 5.74. The lowest BCUT2D eigenvalue weighted by molar-refractivity contribution is -0.152. The summed E-state index contributed by atoms with van der Waals surface area (Å²) in [6.45, 7) is 7.73. The fourth-order valence-corrected chi connectivity index (χ4v) is 2.40. The number of benzene rings is 1. The Balaban J connectivity index is 1.95. The summed E-state index contributed by atoms with van der Waals surface area (Å²) in [6, 6.07) is 5.76. The van der Waals surface area contributed by atoms with E-state index in [2.05, 4.69) is 28.8 Å². The first-order chi connectivity index (χ1) is 11.8. The maximum absolute atomic E-state index is 12.1. The van der Waals surface area contributed by atoms with Crippen molar-refractivity contribution >= 4 is 17.9 Å². The van der Waals surface area contributed by atoms with Crippen LogP contribution in [0.1, 0.15) is 43.6 Å². The summed E-state index contributed by atoms with van der Waals surface area (Å²) in [4.78, 5) is 23.4. The number of hydrogen-bond donors (Lipinski definition) is 2. The van der Waals surface area contributed by atoms with E-state index in [1.54, 1.807) is 6.92 Å². The van der Waals surface area contributed by atoms with Gasteiger partial charge in [0.25, 0.3) is 0 Å². The van der Waals surface area contributed by atoms with Gasteiger partial charge in [-0.05, 0) is 43.0 Å². The number of aryl methyl sites for hydroxylation is 1. The lowest BCUT2D eigenvalue weighted by Crippen LogP contribution is -2.26. The number of nitrogens with zero attached hydrogens (tertiary/aromatic N) is 3. The maximum Gasteiger partial charge on any atom is 0.347 e. The van der Waals surface area contributed by atoms with Crippen LogP contribution in [0.3, 0.4) is 0 Å². The van der Waals surface area contributed by atoms with Crippen molar-refractivity contribution < 1.29 is 14.3 Å². The Morgan fingerprint density at radius 3 is 2.32 bits per heavy atom. The molecule has 8 nitrogen and oxygen atoms in total. The number of anilines is 2. The molecule has 0 spiro atoms. The first kappa shape index (κ1) is 18.4. The van der Waals surface area contributed by atoms with Gasteiger partial charge in [-0.2, -0.15) is 15.0 Å². The fourth-order valence-electron chi connectivity index (χ4n) is 2.40. The summed E-state index contributed by atoms with van der Waals surface area (Å²) in [5, 5.41) is 0. The van der Waals surface area contributed by atoms with Crippen molar-refractivity contribution in [3.8, 4) is 5.75 Å². The van der Waals surface area contributed by atoms with Crippen molar-refractivity contribution in [1.82, 2.24) is 15.0 Å². The van der Waals surface area contributed by atoms with Gasteiger partial charge in [0, 0.05) is 0 Å². The van der Waals surface area contributed by atoms with Gasteiger partial charge in [-0.25, -0.2) is 4.79 Å². The topological polar surface area (TPSA) is 126 Å². The number of carbonyl (C=O) groups is 1. The molecule has 0 aliphatic heterocycles. The van der Waals surface area contributed by atoms with Crippen molar-refractivity contribution in [1.29, 1.82) is 0 Å². The Kier molecular flexibility index (Phi) is 5.74. The maximum atomic E-state index is 12.1. The predicted octanol–water partition coefficient (Wildman–Crippen LogP) is 1.98. The van der Waals surface area contributed by atoms with Crippen molar-refractivity contribution in [2.24, 2.45) is 0 Å². The highest BCUT2D eigenvalue weighted by Gasteiger charge is 2.18. The molecular formula is C17H23N5O3. The van der Waals surface area contributed by atoms with E-state index >= 15 is 0 Å². The van der Waals surface area contributed by atoms with E-state index in [0.29, 0.717) is 11.7 Å². The third kappa shape index (κ3) is 5.03. The third-order valence-corrected chi connectivity index (χ3v) is 3.57. The van der Waals surface area contributed by atoms with Gasteiger partial charge in [0.15, 0.2) is 18.5 Å². The summed E-state index contributed by atoms with van der Waals surface area (Å²) in [5.74, 6) is 0.634. The number of ether oxygens (including phenoxy) is 2. The second-order valence-electron chi connectivity index (χ2n) is 6.01. The Morgan fingerprint density at radius 2 is 1.76 bits per heavy atom. The van der Waals surface area contributed by atoms with Crippen LogP contribution < -0.4 is 16.2 Å². The first-order valence-electron chi connectivity index (χ1n) is 7.96. The van der Waals surface area contributed by atoms with Gasteiger partial charge >= 0.3 is 5.97 Å². The molecule has 0 bridgehead atoms. The first-order valence-corrected chi connectivity index (χ1v) is 7.96. The van der Waals surface area contributed by atoms with E-state index < -0.39 is 12.1 Å². The number of nitrogens with two attached hydrogens (primary N) is 2. The molecule has 2 aromatic rings. The average molecular weight is 345 g/mol. The second-order valence-corrected chi connectivity index (χ2v) is 6.01. The zero-order valence-corrected chi connectivity index (χ0v) is 14.8. The van der Waals surface area contributed by atoms with Gasteiger partial charge in [-0.1, -0.05) is 19.9 Å². The van der Waals surface area contributed by atoms with Crippen LogP contribution in [0.5, 0.6) is 5.75 Å². The van der Waals surface area contributed by atoms with Crippen molar-refractivity contribution in [3.05, 3.63) is 35.2 Å². The highest BCUT2D eigenvalue weighted by atomic mass is 16.6. The Labute approximate surface area is 146 Å². The minimum absolute atomic E-state index is 0.0245. The van der Waals surface area contributed by atoms with E-state index in [0.717, 1.165) is 5.56 Å². The minimum Gasteiger partial charge on any atom is -0.479 e. The quantitative estimate of drug-likeness (QED) is 0.761. The largest absolute Gasteiger partial charge is 0.479 e.